The lowest BCUT2D eigenvalue weighted by Gasteiger charge is -2.56. The second kappa shape index (κ2) is 7.50. The first-order chi connectivity index (χ1) is 16.7. The van der Waals surface area contributed by atoms with Crippen molar-refractivity contribution in [3.8, 4) is 16.9 Å². The minimum Gasteiger partial charge on any atom is -0.507 e. The molecule has 0 radical (unpaired) electrons. The molecule has 2 aromatic rings. The highest BCUT2D eigenvalue weighted by Gasteiger charge is 2.69. The average Bonchev–Trinajstić information content (AvgIpc) is 2.76. The van der Waals surface area contributed by atoms with Gasteiger partial charge in [0.2, 0.25) is 11.6 Å². The molecule has 0 unspecified atom stereocenters. The van der Waals surface area contributed by atoms with Crippen LogP contribution >= 0.6 is 0 Å². The first kappa shape index (κ1) is 24.2. The fourth-order valence-corrected chi connectivity index (χ4v) is 7.11. The first-order valence-corrected chi connectivity index (χ1v) is 12.1. The van der Waals surface area contributed by atoms with Crippen LogP contribution in [-0.4, -0.2) is 38.3 Å². The van der Waals surface area contributed by atoms with Gasteiger partial charge in [-0.05, 0) is 62.8 Å². The Bertz CT molecular complexity index is 1460. The maximum atomic E-state index is 14.0. The molecule has 1 saturated carbocycles. The smallest absolute Gasteiger partial charge is 0.206 e. The summed E-state index contributed by atoms with van der Waals surface area (Å²) in [5.41, 5.74) is -0.522. The summed E-state index contributed by atoms with van der Waals surface area (Å²) in [4.78, 5) is 39.8. The summed E-state index contributed by atoms with van der Waals surface area (Å²) in [5.74, 6) is -2.90. The van der Waals surface area contributed by atoms with Gasteiger partial charge in [0.05, 0.1) is 11.1 Å². The number of fused-ring (bicyclic) bond motifs is 3. The fraction of sp³-hybridized carbons (Fsp3) is 0.367. The maximum absolute atomic E-state index is 14.0. The number of aromatic hydroxyl groups is 1. The first-order valence-electron chi connectivity index (χ1n) is 12.1. The molecule has 3 atom stereocenters. The lowest BCUT2D eigenvalue weighted by Crippen LogP contribution is -2.67. The number of aliphatic hydroxyl groups excluding tert-OH is 1. The Balaban J connectivity index is 1.77. The zero-order valence-electron chi connectivity index (χ0n) is 21.2. The Morgan fingerprint density at radius 3 is 2.31 bits per heavy atom. The fourth-order valence-electron chi connectivity index (χ4n) is 7.11. The summed E-state index contributed by atoms with van der Waals surface area (Å²) >= 11 is 0. The number of phenolic OH excluding ortho intramolecular Hbond substituents is 1. The van der Waals surface area contributed by atoms with Crippen LogP contribution in [0.1, 0.15) is 57.2 Å². The number of carbonyl (C=O) groups is 3. The highest BCUT2D eigenvalue weighted by Crippen LogP contribution is 2.62. The predicted octanol–water partition coefficient (Wildman–Crippen LogP) is 4.79. The lowest BCUT2D eigenvalue weighted by atomic mass is 9.46. The number of aliphatic hydroxyl groups is 2. The molecule has 186 valence electrons. The van der Waals surface area contributed by atoms with E-state index in [4.69, 9.17) is 0 Å². The van der Waals surface area contributed by atoms with Gasteiger partial charge in [0.25, 0.3) is 0 Å². The van der Waals surface area contributed by atoms with Gasteiger partial charge in [0, 0.05) is 16.4 Å². The minimum atomic E-state index is -2.47. The molecule has 0 spiro atoms. The third kappa shape index (κ3) is 2.97. The summed E-state index contributed by atoms with van der Waals surface area (Å²) in [6, 6.07) is 11.2. The van der Waals surface area contributed by atoms with E-state index in [0.29, 0.717) is 17.6 Å². The molecule has 6 nitrogen and oxygen atoms in total. The van der Waals surface area contributed by atoms with E-state index in [-0.39, 0.29) is 35.3 Å². The van der Waals surface area contributed by atoms with Gasteiger partial charge in [-0.15, -0.1) is 0 Å². The number of Topliss-reactive ketones (excluding diaryl/α,β-unsaturated/α-hetero) is 3. The van der Waals surface area contributed by atoms with Crippen molar-refractivity contribution in [1.82, 2.24) is 0 Å². The molecule has 36 heavy (non-hydrogen) atoms. The Kier molecular flexibility index (Phi) is 5.04. The van der Waals surface area contributed by atoms with Crippen molar-refractivity contribution in [1.29, 1.82) is 0 Å². The quantitative estimate of drug-likeness (QED) is 0.416. The van der Waals surface area contributed by atoms with Crippen LogP contribution in [0.2, 0.25) is 0 Å². The average molecular weight is 487 g/mol. The van der Waals surface area contributed by atoms with Crippen molar-refractivity contribution in [3.63, 3.8) is 0 Å². The number of aryl methyl sites for hydroxylation is 1. The molecule has 1 fully saturated rings. The summed E-state index contributed by atoms with van der Waals surface area (Å²) in [6.45, 7) is 8.50. The van der Waals surface area contributed by atoms with Crippen molar-refractivity contribution >= 4 is 23.1 Å². The van der Waals surface area contributed by atoms with E-state index >= 15 is 0 Å². The normalized spacial score (nSPS) is 29.6. The molecule has 0 amide bonds. The Labute approximate surface area is 210 Å². The van der Waals surface area contributed by atoms with Crippen LogP contribution in [-0.2, 0) is 20.8 Å². The predicted molar refractivity (Wildman–Crippen MR) is 135 cm³/mol. The second-order valence-corrected chi connectivity index (χ2v) is 11.3. The zero-order chi connectivity index (χ0) is 26.4. The van der Waals surface area contributed by atoms with Crippen LogP contribution in [0.4, 0.5) is 0 Å². The van der Waals surface area contributed by atoms with Gasteiger partial charge in [-0.25, -0.2) is 0 Å². The van der Waals surface area contributed by atoms with Crippen molar-refractivity contribution in [3.05, 3.63) is 69.8 Å². The largest absolute Gasteiger partial charge is 0.507 e. The van der Waals surface area contributed by atoms with Gasteiger partial charge in [-0.3, -0.25) is 14.4 Å². The van der Waals surface area contributed by atoms with Gasteiger partial charge >= 0.3 is 0 Å². The minimum absolute atomic E-state index is 0.0672. The Morgan fingerprint density at radius 2 is 1.67 bits per heavy atom. The van der Waals surface area contributed by atoms with Gasteiger partial charge in [0.15, 0.2) is 11.4 Å². The molecule has 3 aliphatic rings. The van der Waals surface area contributed by atoms with E-state index in [2.05, 4.69) is 0 Å². The number of benzene rings is 2. The molecule has 0 aliphatic heterocycles. The molecule has 0 heterocycles. The van der Waals surface area contributed by atoms with Gasteiger partial charge in [-0.2, -0.15) is 0 Å². The summed E-state index contributed by atoms with van der Waals surface area (Å²) < 4.78 is 0. The number of ketones is 3. The second-order valence-electron chi connectivity index (χ2n) is 11.3. The van der Waals surface area contributed by atoms with Gasteiger partial charge in [-0.1, -0.05) is 55.3 Å². The molecule has 0 aromatic heterocycles. The van der Waals surface area contributed by atoms with Crippen LogP contribution in [0.25, 0.3) is 16.9 Å². The third-order valence-corrected chi connectivity index (χ3v) is 8.46. The summed E-state index contributed by atoms with van der Waals surface area (Å²) in [5, 5.41) is 34.1. The Hall–Kier alpha value is -3.51. The van der Waals surface area contributed by atoms with Crippen LogP contribution in [0, 0.1) is 17.8 Å². The van der Waals surface area contributed by atoms with Crippen molar-refractivity contribution in [2.45, 2.75) is 59.5 Å². The summed E-state index contributed by atoms with van der Waals surface area (Å²) in [6.07, 6.45) is 0.767. The van der Waals surface area contributed by atoms with Crippen LogP contribution in [0.15, 0.2) is 53.1 Å². The number of hydrogen-bond acceptors (Lipinski definition) is 6. The molecule has 0 saturated heterocycles. The number of allylic oxidation sites excluding steroid dienone is 1. The van der Waals surface area contributed by atoms with E-state index in [1.165, 1.54) is 13.0 Å². The highest BCUT2D eigenvalue weighted by atomic mass is 16.3. The van der Waals surface area contributed by atoms with Crippen molar-refractivity contribution in [2.75, 3.05) is 0 Å². The van der Waals surface area contributed by atoms with E-state index in [0.717, 1.165) is 16.7 Å². The molecule has 5 rings (SSSR count). The van der Waals surface area contributed by atoms with Crippen molar-refractivity contribution in [2.24, 2.45) is 10.8 Å². The van der Waals surface area contributed by atoms with Crippen molar-refractivity contribution < 1.29 is 29.7 Å². The Morgan fingerprint density at radius 1 is 0.972 bits per heavy atom. The standard InChI is InChI=1S/C30H30O6/c1-15-7-6-8-18(11-15)19-9-10-21(32)23-20(19)13-28(4)14-29(5)12-16(2)22(17(3)31)26(34)30(29,36)27(35)24(28)25(23)33/h6-11,32-33,36H,12-14H2,1-5H3/t28-,29+,30+/m1/s1. The zero-order valence-corrected chi connectivity index (χ0v) is 21.2. The highest BCUT2D eigenvalue weighted by molar-refractivity contribution is 6.33. The van der Waals surface area contributed by atoms with Gasteiger partial charge < -0.3 is 15.3 Å². The van der Waals surface area contributed by atoms with E-state index in [1.807, 2.05) is 44.2 Å². The number of carbonyl (C=O) groups excluding carboxylic acids is 3. The molecular formula is C30H30O6. The SMILES string of the molecule is CC(=O)C1=C(C)C[C@@]2(C)C[C@@]3(C)Cc4c(-c5cccc(C)c5)ccc(O)c4C(O)=C3C(=O)[C@@]2(O)C1=O. The summed E-state index contributed by atoms with van der Waals surface area (Å²) in [7, 11) is 0. The molecule has 2 aromatic carbocycles. The van der Waals surface area contributed by atoms with Crippen LogP contribution < -0.4 is 0 Å². The maximum Gasteiger partial charge on any atom is 0.206 e. The number of hydrogen-bond donors (Lipinski definition) is 3. The van der Waals surface area contributed by atoms with E-state index in [9.17, 15) is 29.7 Å². The van der Waals surface area contributed by atoms with E-state index < -0.39 is 39.5 Å². The third-order valence-electron chi connectivity index (χ3n) is 8.46. The van der Waals surface area contributed by atoms with Gasteiger partial charge in [0.1, 0.15) is 11.5 Å². The number of phenols is 1. The molecular weight excluding hydrogens is 456 g/mol. The molecule has 6 heteroatoms. The molecule has 3 N–H and O–H groups in total. The molecule has 0 bridgehead atoms. The lowest BCUT2D eigenvalue weighted by molar-refractivity contribution is -0.171. The topological polar surface area (TPSA) is 112 Å². The molecule has 3 aliphatic carbocycles. The van der Waals surface area contributed by atoms with Crippen LogP contribution in [0.3, 0.4) is 0 Å². The number of rotatable bonds is 2. The van der Waals surface area contributed by atoms with Crippen LogP contribution in [0.5, 0.6) is 5.75 Å². The van der Waals surface area contributed by atoms with E-state index in [1.54, 1.807) is 13.8 Å². The monoisotopic (exact) mass is 486 g/mol.